The van der Waals surface area contributed by atoms with Crippen LogP contribution in [0.3, 0.4) is 0 Å². The summed E-state index contributed by atoms with van der Waals surface area (Å²) < 4.78 is 0. The van der Waals surface area contributed by atoms with Crippen molar-refractivity contribution in [3.63, 3.8) is 0 Å². The summed E-state index contributed by atoms with van der Waals surface area (Å²) >= 11 is 2.19. The van der Waals surface area contributed by atoms with Crippen molar-refractivity contribution in [3.05, 3.63) is 0 Å². The molecule has 2 rings (SSSR count). The van der Waals surface area contributed by atoms with Gasteiger partial charge in [-0.15, -0.1) is 11.8 Å². The maximum absolute atomic E-state index is 3.78. The van der Waals surface area contributed by atoms with Gasteiger partial charge < -0.3 is 5.32 Å². The van der Waals surface area contributed by atoms with E-state index in [4.69, 9.17) is 0 Å². The third-order valence-electron chi connectivity index (χ3n) is 3.65. The van der Waals surface area contributed by atoms with Gasteiger partial charge in [0.05, 0.1) is 4.87 Å². The Kier molecular flexibility index (Phi) is 2.89. The van der Waals surface area contributed by atoms with Crippen LogP contribution in [0.5, 0.6) is 0 Å². The molecule has 2 heteroatoms. The Morgan fingerprint density at radius 1 is 1.31 bits per heavy atom. The van der Waals surface area contributed by atoms with E-state index in [9.17, 15) is 0 Å². The molecule has 2 fully saturated rings. The Morgan fingerprint density at radius 2 is 2.15 bits per heavy atom. The zero-order chi connectivity index (χ0) is 9.31. The van der Waals surface area contributed by atoms with Crippen LogP contribution in [0.4, 0.5) is 0 Å². The highest BCUT2D eigenvalue weighted by atomic mass is 32.2. The van der Waals surface area contributed by atoms with E-state index in [1.807, 2.05) is 0 Å². The average Bonchev–Trinajstić information content (AvgIpc) is 2.14. The summed E-state index contributed by atoms with van der Waals surface area (Å²) in [6.45, 7) is 6.08. The monoisotopic (exact) mass is 199 g/mol. The van der Waals surface area contributed by atoms with Gasteiger partial charge in [0, 0.05) is 0 Å². The van der Waals surface area contributed by atoms with Gasteiger partial charge in [-0.25, -0.2) is 0 Å². The summed E-state index contributed by atoms with van der Waals surface area (Å²) in [6.07, 6.45) is 5.60. The maximum Gasteiger partial charge on any atom is 0.0673 e. The molecule has 0 bridgehead atoms. The standard InChI is InChI=1S/C11H21NS/c1-9-4-5-10(2)11(8-9)12-6-3-7-13-11/h9-10,12H,3-8H2,1-2H3. The van der Waals surface area contributed by atoms with Crippen molar-refractivity contribution in [3.8, 4) is 0 Å². The molecule has 2 aliphatic rings. The number of hydrogen-bond acceptors (Lipinski definition) is 2. The van der Waals surface area contributed by atoms with E-state index in [1.165, 1.54) is 38.0 Å². The molecule has 1 spiro atoms. The molecule has 0 aromatic heterocycles. The minimum absolute atomic E-state index is 0.454. The zero-order valence-electron chi connectivity index (χ0n) is 8.81. The molecule has 0 aromatic rings. The third-order valence-corrected chi connectivity index (χ3v) is 5.37. The van der Waals surface area contributed by atoms with Crippen molar-refractivity contribution >= 4 is 11.8 Å². The quantitative estimate of drug-likeness (QED) is 0.644. The minimum Gasteiger partial charge on any atom is -0.303 e. The first kappa shape index (κ1) is 9.85. The van der Waals surface area contributed by atoms with Gasteiger partial charge in [-0.05, 0) is 43.4 Å². The Morgan fingerprint density at radius 3 is 2.85 bits per heavy atom. The van der Waals surface area contributed by atoms with Crippen LogP contribution in [-0.2, 0) is 0 Å². The van der Waals surface area contributed by atoms with E-state index >= 15 is 0 Å². The topological polar surface area (TPSA) is 12.0 Å². The SMILES string of the molecule is CC1CCC(C)C2(C1)NCCCS2. The normalized spacial score (nSPS) is 46.6. The molecular formula is C11H21NS. The Labute approximate surface area is 86.0 Å². The predicted octanol–water partition coefficient (Wildman–Crippen LogP) is 2.87. The van der Waals surface area contributed by atoms with Gasteiger partial charge in [0.25, 0.3) is 0 Å². The molecule has 0 aromatic carbocycles. The average molecular weight is 199 g/mol. The molecule has 1 aliphatic heterocycles. The summed E-state index contributed by atoms with van der Waals surface area (Å²) in [5, 5.41) is 3.78. The lowest BCUT2D eigenvalue weighted by Gasteiger charge is -2.47. The number of nitrogens with one attached hydrogen (secondary N) is 1. The third kappa shape index (κ3) is 1.89. The van der Waals surface area contributed by atoms with Crippen LogP contribution >= 0.6 is 11.8 Å². The van der Waals surface area contributed by atoms with E-state index in [0.29, 0.717) is 4.87 Å². The van der Waals surface area contributed by atoms with Gasteiger partial charge in [0.15, 0.2) is 0 Å². The van der Waals surface area contributed by atoms with Crippen LogP contribution in [0.2, 0.25) is 0 Å². The van der Waals surface area contributed by atoms with E-state index in [2.05, 4.69) is 30.9 Å². The van der Waals surface area contributed by atoms with Gasteiger partial charge in [0.1, 0.15) is 0 Å². The molecule has 1 saturated heterocycles. The van der Waals surface area contributed by atoms with Crippen molar-refractivity contribution < 1.29 is 0 Å². The highest BCUT2D eigenvalue weighted by molar-refractivity contribution is 8.00. The fourth-order valence-corrected chi connectivity index (χ4v) is 4.38. The second kappa shape index (κ2) is 3.82. The first-order chi connectivity index (χ1) is 6.23. The highest BCUT2D eigenvalue weighted by Crippen LogP contribution is 2.45. The Hall–Kier alpha value is 0.310. The summed E-state index contributed by atoms with van der Waals surface area (Å²) in [5.41, 5.74) is 0. The largest absolute Gasteiger partial charge is 0.303 e. The molecule has 1 N–H and O–H groups in total. The molecule has 0 amide bonds. The molecular weight excluding hydrogens is 178 g/mol. The number of hydrogen-bond donors (Lipinski definition) is 1. The predicted molar refractivity (Wildman–Crippen MR) is 60.0 cm³/mol. The lowest BCUT2D eigenvalue weighted by Crippen LogP contribution is -2.53. The van der Waals surface area contributed by atoms with Crippen molar-refractivity contribution in [2.24, 2.45) is 11.8 Å². The second-order valence-corrected chi connectivity index (χ2v) is 6.23. The summed E-state index contributed by atoms with van der Waals surface area (Å²) in [7, 11) is 0. The Bertz CT molecular complexity index is 175. The first-order valence-corrected chi connectivity index (χ1v) is 6.60. The van der Waals surface area contributed by atoms with Gasteiger partial charge >= 0.3 is 0 Å². The maximum atomic E-state index is 3.78. The van der Waals surface area contributed by atoms with Crippen LogP contribution in [0.25, 0.3) is 0 Å². The van der Waals surface area contributed by atoms with Crippen molar-refractivity contribution in [1.29, 1.82) is 0 Å². The van der Waals surface area contributed by atoms with E-state index in [-0.39, 0.29) is 0 Å². The lowest BCUT2D eigenvalue weighted by atomic mass is 9.79. The fourth-order valence-electron chi connectivity index (χ4n) is 2.71. The number of rotatable bonds is 0. The van der Waals surface area contributed by atoms with Crippen LogP contribution < -0.4 is 5.32 Å². The van der Waals surface area contributed by atoms with Crippen molar-refractivity contribution in [1.82, 2.24) is 5.32 Å². The Balaban J connectivity index is 2.07. The number of thioether (sulfide) groups is 1. The van der Waals surface area contributed by atoms with Crippen LogP contribution in [-0.4, -0.2) is 17.2 Å². The molecule has 1 nitrogen and oxygen atoms in total. The lowest BCUT2D eigenvalue weighted by molar-refractivity contribution is 0.197. The molecule has 13 heavy (non-hydrogen) atoms. The molecule has 1 aliphatic carbocycles. The van der Waals surface area contributed by atoms with Crippen molar-refractivity contribution in [2.75, 3.05) is 12.3 Å². The minimum atomic E-state index is 0.454. The highest BCUT2D eigenvalue weighted by Gasteiger charge is 2.41. The van der Waals surface area contributed by atoms with Gasteiger partial charge in [-0.1, -0.05) is 20.3 Å². The zero-order valence-corrected chi connectivity index (χ0v) is 9.62. The van der Waals surface area contributed by atoms with Crippen LogP contribution in [0.15, 0.2) is 0 Å². The van der Waals surface area contributed by atoms with E-state index in [0.717, 1.165) is 11.8 Å². The summed E-state index contributed by atoms with van der Waals surface area (Å²) in [6, 6.07) is 0. The molecule has 76 valence electrons. The molecule has 0 radical (unpaired) electrons. The van der Waals surface area contributed by atoms with Gasteiger partial charge in [-0.2, -0.15) is 0 Å². The summed E-state index contributed by atoms with van der Waals surface area (Å²) in [5.74, 6) is 3.16. The molecule has 3 atom stereocenters. The molecule has 3 unspecified atom stereocenters. The summed E-state index contributed by atoms with van der Waals surface area (Å²) in [4.78, 5) is 0.454. The molecule has 1 saturated carbocycles. The van der Waals surface area contributed by atoms with Gasteiger partial charge in [-0.3, -0.25) is 0 Å². The van der Waals surface area contributed by atoms with Crippen LogP contribution in [0, 0.1) is 11.8 Å². The fraction of sp³-hybridized carbons (Fsp3) is 1.00. The smallest absolute Gasteiger partial charge is 0.0673 e. The second-order valence-electron chi connectivity index (χ2n) is 4.81. The first-order valence-electron chi connectivity index (χ1n) is 5.62. The van der Waals surface area contributed by atoms with Gasteiger partial charge in [0.2, 0.25) is 0 Å². The van der Waals surface area contributed by atoms with E-state index in [1.54, 1.807) is 0 Å². The van der Waals surface area contributed by atoms with Crippen molar-refractivity contribution in [2.45, 2.75) is 44.4 Å². The molecule has 1 heterocycles. The van der Waals surface area contributed by atoms with Crippen LogP contribution in [0.1, 0.15) is 39.5 Å². The van der Waals surface area contributed by atoms with E-state index < -0.39 is 0 Å².